The Morgan fingerprint density at radius 1 is 1.36 bits per heavy atom. The van der Waals surface area contributed by atoms with E-state index in [1.54, 1.807) is 17.5 Å². The maximum absolute atomic E-state index is 12.4. The van der Waals surface area contributed by atoms with Crippen LogP contribution in [0.4, 0.5) is 0 Å². The smallest absolute Gasteiger partial charge is 0.228 e. The van der Waals surface area contributed by atoms with Crippen molar-refractivity contribution in [1.29, 1.82) is 0 Å². The second kappa shape index (κ2) is 7.02. The quantitative estimate of drug-likeness (QED) is 0.926. The van der Waals surface area contributed by atoms with Gasteiger partial charge in [0.1, 0.15) is 0 Å². The van der Waals surface area contributed by atoms with Crippen LogP contribution in [0.1, 0.15) is 22.8 Å². The summed E-state index contributed by atoms with van der Waals surface area (Å²) in [5.41, 5.74) is 2.02. The van der Waals surface area contributed by atoms with E-state index in [1.807, 2.05) is 23.3 Å². The Morgan fingerprint density at radius 3 is 3.00 bits per heavy atom. The minimum absolute atomic E-state index is 0.189. The molecule has 7 heteroatoms. The second-order valence-electron chi connectivity index (χ2n) is 5.63. The minimum Gasteiger partial charge on any atom is -0.341 e. The SMILES string of the molecule is Cc1nc(CC(=O)N2CCCN(Cc3ccn[nH]3)CC2)cs1. The number of carbonyl (C=O) groups excluding carboxylic acids is 1. The third-order valence-corrected chi connectivity index (χ3v) is 4.71. The van der Waals surface area contributed by atoms with Gasteiger partial charge in [-0.05, 0) is 19.4 Å². The van der Waals surface area contributed by atoms with Gasteiger partial charge in [0.15, 0.2) is 0 Å². The summed E-state index contributed by atoms with van der Waals surface area (Å²) in [6.07, 6.45) is 3.21. The average Bonchev–Trinajstić information content (AvgIpc) is 3.07. The number of nitrogens with zero attached hydrogens (tertiary/aromatic N) is 4. The van der Waals surface area contributed by atoms with Crippen LogP contribution in [0.2, 0.25) is 0 Å². The van der Waals surface area contributed by atoms with Crippen molar-refractivity contribution in [3.8, 4) is 0 Å². The van der Waals surface area contributed by atoms with Crippen molar-refractivity contribution in [2.24, 2.45) is 0 Å². The Kier molecular flexibility index (Phi) is 4.84. The monoisotopic (exact) mass is 319 g/mol. The lowest BCUT2D eigenvalue weighted by molar-refractivity contribution is -0.130. The highest BCUT2D eigenvalue weighted by atomic mass is 32.1. The van der Waals surface area contributed by atoms with Gasteiger partial charge in [-0.1, -0.05) is 0 Å². The van der Waals surface area contributed by atoms with Crippen molar-refractivity contribution in [2.45, 2.75) is 26.3 Å². The number of aromatic amines is 1. The number of hydrogen-bond donors (Lipinski definition) is 1. The maximum atomic E-state index is 12.4. The first kappa shape index (κ1) is 15.2. The van der Waals surface area contributed by atoms with Crippen LogP contribution in [0.15, 0.2) is 17.6 Å². The van der Waals surface area contributed by atoms with Gasteiger partial charge in [-0.3, -0.25) is 14.8 Å². The van der Waals surface area contributed by atoms with Gasteiger partial charge in [-0.2, -0.15) is 5.10 Å². The molecule has 1 saturated heterocycles. The van der Waals surface area contributed by atoms with Crippen LogP contribution < -0.4 is 0 Å². The Labute approximate surface area is 134 Å². The predicted octanol–water partition coefficient (Wildman–Crippen LogP) is 1.45. The number of hydrogen-bond acceptors (Lipinski definition) is 5. The summed E-state index contributed by atoms with van der Waals surface area (Å²) in [5.74, 6) is 0.189. The molecule has 2 aromatic heterocycles. The highest BCUT2D eigenvalue weighted by Gasteiger charge is 2.20. The van der Waals surface area contributed by atoms with Crippen molar-refractivity contribution in [1.82, 2.24) is 25.0 Å². The van der Waals surface area contributed by atoms with Gasteiger partial charge in [0.25, 0.3) is 0 Å². The lowest BCUT2D eigenvalue weighted by Gasteiger charge is -2.21. The lowest BCUT2D eigenvalue weighted by atomic mass is 10.3. The van der Waals surface area contributed by atoms with E-state index < -0.39 is 0 Å². The highest BCUT2D eigenvalue weighted by Crippen LogP contribution is 2.12. The maximum Gasteiger partial charge on any atom is 0.228 e. The zero-order valence-electron chi connectivity index (χ0n) is 12.8. The molecule has 0 saturated carbocycles. The molecule has 118 valence electrons. The largest absolute Gasteiger partial charge is 0.341 e. The van der Waals surface area contributed by atoms with E-state index in [2.05, 4.69) is 20.1 Å². The van der Waals surface area contributed by atoms with Gasteiger partial charge in [0.2, 0.25) is 5.91 Å². The summed E-state index contributed by atoms with van der Waals surface area (Å²) >= 11 is 1.60. The number of nitrogens with one attached hydrogen (secondary N) is 1. The third-order valence-electron chi connectivity index (χ3n) is 3.89. The molecule has 0 radical (unpaired) electrons. The van der Waals surface area contributed by atoms with Crippen molar-refractivity contribution in [2.75, 3.05) is 26.2 Å². The van der Waals surface area contributed by atoms with Gasteiger partial charge >= 0.3 is 0 Å². The molecule has 0 spiro atoms. The van der Waals surface area contributed by atoms with Crippen LogP contribution in [0.5, 0.6) is 0 Å². The average molecular weight is 319 g/mol. The fraction of sp³-hybridized carbons (Fsp3) is 0.533. The molecule has 0 unspecified atom stereocenters. The lowest BCUT2D eigenvalue weighted by Crippen LogP contribution is -2.36. The summed E-state index contributed by atoms with van der Waals surface area (Å²) in [4.78, 5) is 21.1. The first-order valence-corrected chi connectivity index (χ1v) is 8.48. The van der Waals surface area contributed by atoms with Crippen molar-refractivity contribution in [3.05, 3.63) is 34.0 Å². The molecule has 2 aromatic rings. The Bertz CT molecular complexity index is 609. The van der Waals surface area contributed by atoms with E-state index in [0.29, 0.717) is 6.42 Å². The molecule has 22 heavy (non-hydrogen) atoms. The van der Waals surface area contributed by atoms with E-state index >= 15 is 0 Å². The molecule has 1 fully saturated rings. The number of rotatable bonds is 4. The van der Waals surface area contributed by atoms with Gasteiger partial charge in [0, 0.05) is 50.0 Å². The molecule has 3 rings (SSSR count). The number of H-pyrrole nitrogens is 1. The van der Waals surface area contributed by atoms with Gasteiger partial charge in [-0.25, -0.2) is 4.98 Å². The topological polar surface area (TPSA) is 65.1 Å². The number of thiazole rings is 1. The van der Waals surface area contributed by atoms with Gasteiger partial charge in [0.05, 0.1) is 17.1 Å². The number of carbonyl (C=O) groups is 1. The summed E-state index contributed by atoms with van der Waals surface area (Å²) in [6, 6.07) is 2.00. The fourth-order valence-electron chi connectivity index (χ4n) is 2.75. The molecule has 6 nitrogen and oxygen atoms in total. The number of aromatic nitrogens is 3. The third kappa shape index (κ3) is 3.92. The normalized spacial score (nSPS) is 16.7. The van der Waals surface area contributed by atoms with E-state index in [1.165, 1.54) is 0 Å². The first-order valence-electron chi connectivity index (χ1n) is 7.60. The molecule has 1 N–H and O–H groups in total. The summed E-state index contributed by atoms with van der Waals surface area (Å²) in [7, 11) is 0. The Balaban J connectivity index is 1.52. The Hall–Kier alpha value is -1.73. The molecule has 0 aliphatic carbocycles. The first-order chi connectivity index (χ1) is 10.7. The van der Waals surface area contributed by atoms with Crippen molar-refractivity contribution < 1.29 is 4.79 Å². The van der Waals surface area contributed by atoms with Crippen LogP contribution >= 0.6 is 11.3 Å². The van der Waals surface area contributed by atoms with E-state index in [4.69, 9.17) is 0 Å². The standard InChI is InChI=1S/C15H21N5OS/c1-12-17-14(11-22-12)9-15(21)20-6-2-5-19(7-8-20)10-13-3-4-16-18-13/h3-4,11H,2,5-10H2,1H3,(H,16,18). The van der Waals surface area contributed by atoms with Crippen LogP contribution in [-0.2, 0) is 17.8 Å². The van der Waals surface area contributed by atoms with Crippen molar-refractivity contribution in [3.63, 3.8) is 0 Å². The molecule has 1 aliphatic heterocycles. The zero-order chi connectivity index (χ0) is 15.4. The Morgan fingerprint density at radius 2 is 2.27 bits per heavy atom. The predicted molar refractivity (Wildman–Crippen MR) is 85.6 cm³/mol. The molecule has 0 aromatic carbocycles. The molecule has 1 aliphatic rings. The van der Waals surface area contributed by atoms with Crippen LogP contribution in [0.25, 0.3) is 0 Å². The number of amides is 1. The number of aryl methyl sites for hydroxylation is 1. The summed E-state index contributed by atoms with van der Waals surface area (Å²) in [5, 5.41) is 9.98. The van der Waals surface area contributed by atoms with Crippen LogP contribution in [0.3, 0.4) is 0 Å². The molecule has 0 atom stereocenters. The van der Waals surface area contributed by atoms with Gasteiger partial charge < -0.3 is 4.90 Å². The van der Waals surface area contributed by atoms with E-state index in [0.717, 1.165) is 55.5 Å². The van der Waals surface area contributed by atoms with Crippen molar-refractivity contribution >= 4 is 17.2 Å². The van der Waals surface area contributed by atoms with Crippen LogP contribution in [0, 0.1) is 6.92 Å². The van der Waals surface area contributed by atoms with E-state index in [-0.39, 0.29) is 5.91 Å². The second-order valence-corrected chi connectivity index (χ2v) is 6.69. The molecular weight excluding hydrogens is 298 g/mol. The van der Waals surface area contributed by atoms with Crippen LogP contribution in [-0.4, -0.2) is 57.1 Å². The molecule has 1 amide bonds. The highest BCUT2D eigenvalue weighted by molar-refractivity contribution is 7.09. The minimum atomic E-state index is 0.189. The molecular formula is C15H21N5OS. The zero-order valence-corrected chi connectivity index (χ0v) is 13.6. The summed E-state index contributed by atoms with van der Waals surface area (Å²) in [6.45, 7) is 6.38. The summed E-state index contributed by atoms with van der Waals surface area (Å²) < 4.78 is 0. The fourth-order valence-corrected chi connectivity index (χ4v) is 3.36. The van der Waals surface area contributed by atoms with E-state index in [9.17, 15) is 4.79 Å². The van der Waals surface area contributed by atoms with Gasteiger partial charge in [-0.15, -0.1) is 11.3 Å². The molecule has 0 bridgehead atoms. The molecule has 3 heterocycles.